The van der Waals surface area contributed by atoms with Gasteiger partial charge in [0, 0.05) is 18.7 Å². The number of guanidine groups is 1. The molecule has 1 aromatic heterocycles. The molecule has 0 aliphatic carbocycles. The molecule has 7 heteroatoms. The Balaban J connectivity index is 0.00000338. The summed E-state index contributed by atoms with van der Waals surface area (Å²) in [7, 11) is 2.18. The summed E-state index contributed by atoms with van der Waals surface area (Å²) >= 11 is 0. The van der Waals surface area contributed by atoms with Crippen LogP contribution in [0.2, 0.25) is 0 Å². The summed E-state index contributed by atoms with van der Waals surface area (Å²) in [6.07, 6.45) is 2.43. The van der Waals surface area contributed by atoms with E-state index in [1.807, 2.05) is 19.9 Å². The Morgan fingerprint density at radius 1 is 1.35 bits per heavy atom. The molecule has 0 radical (unpaired) electrons. The summed E-state index contributed by atoms with van der Waals surface area (Å²) in [5.74, 6) is 3.00. The minimum Gasteiger partial charge on any atom is -0.466 e. The third-order valence-corrected chi connectivity index (χ3v) is 4.91. The normalized spacial score (nSPS) is 18.9. The quantitative estimate of drug-likeness (QED) is 0.333. The zero-order valence-electron chi connectivity index (χ0n) is 16.8. The summed E-state index contributed by atoms with van der Waals surface area (Å²) < 4.78 is 5.55. The zero-order chi connectivity index (χ0) is 18.4. The largest absolute Gasteiger partial charge is 0.466 e. The van der Waals surface area contributed by atoms with Gasteiger partial charge in [-0.2, -0.15) is 0 Å². The number of hydrogen-bond donors (Lipinski definition) is 3. The lowest BCUT2D eigenvalue weighted by Crippen LogP contribution is -2.43. The highest BCUT2D eigenvalue weighted by molar-refractivity contribution is 14.0. The molecule has 0 spiro atoms. The van der Waals surface area contributed by atoms with Crippen LogP contribution in [0.5, 0.6) is 0 Å². The number of nitrogens with one attached hydrogen (secondary N) is 2. The molecule has 0 aromatic carbocycles. The van der Waals surface area contributed by atoms with Gasteiger partial charge < -0.3 is 25.1 Å². The summed E-state index contributed by atoms with van der Waals surface area (Å²) in [5.41, 5.74) is -0.238. The fourth-order valence-electron chi connectivity index (χ4n) is 3.33. The smallest absolute Gasteiger partial charge is 0.191 e. The van der Waals surface area contributed by atoms with Gasteiger partial charge in [-0.25, -0.2) is 4.99 Å². The maximum absolute atomic E-state index is 10.8. The van der Waals surface area contributed by atoms with Gasteiger partial charge in [-0.05, 0) is 72.7 Å². The van der Waals surface area contributed by atoms with Crippen molar-refractivity contribution in [2.24, 2.45) is 10.9 Å². The molecule has 1 aromatic rings. The molecule has 26 heavy (non-hydrogen) atoms. The standard InChI is InChI=1S/C19H34N4O2.HI/c1-6-20-18(21-12-16-7-9-23(5)10-8-16)22-13-19(4,24)17-11-14(2)25-15(17)3;/h11,16,24H,6-10,12-13H2,1-5H3,(H2,20,21,22);1H. The lowest BCUT2D eigenvalue weighted by molar-refractivity contribution is 0.0657. The highest BCUT2D eigenvalue weighted by atomic mass is 127. The predicted molar refractivity (Wildman–Crippen MR) is 117 cm³/mol. The second-order valence-electron chi connectivity index (χ2n) is 7.42. The van der Waals surface area contributed by atoms with E-state index < -0.39 is 5.60 Å². The fourth-order valence-corrected chi connectivity index (χ4v) is 3.33. The minimum absolute atomic E-state index is 0. The topological polar surface area (TPSA) is 73.0 Å². The Morgan fingerprint density at radius 2 is 2.00 bits per heavy atom. The summed E-state index contributed by atoms with van der Waals surface area (Å²) in [5, 5.41) is 17.5. The van der Waals surface area contributed by atoms with Crippen LogP contribution in [0.25, 0.3) is 0 Å². The Morgan fingerprint density at radius 3 is 2.54 bits per heavy atom. The van der Waals surface area contributed by atoms with Crippen LogP contribution in [-0.2, 0) is 5.60 Å². The summed E-state index contributed by atoms with van der Waals surface area (Å²) in [6.45, 7) is 11.9. The van der Waals surface area contributed by atoms with Crippen LogP contribution >= 0.6 is 24.0 Å². The molecule has 1 unspecified atom stereocenters. The molecule has 1 saturated heterocycles. The van der Waals surface area contributed by atoms with Gasteiger partial charge in [0.2, 0.25) is 0 Å². The van der Waals surface area contributed by atoms with Gasteiger partial charge >= 0.3 is 0 Å². The maximum Gasteiger partial charge on any atom is 0.191 e. The number of rotatable bonds is 6. The van der Waals surface area contributed by atoms with E-state index in [-0.39, 0.29) is 30.5 Å². The van der Waals surface area contributed by atoms with Crippen molar-refractivity contribution in [2.45, 2.75) is 46.1 Å². The van der Waals surface area contributed by atoms with Crippen molar-refractivity contribution < 1.29 is 9.52 Å². The van der Waals surface area contributed by atoms with Crippen LogP contribution in [0.15, 0.2) is 15.5 Å². The lowest BCUT2D eigenvalue weighted by Gasteiger charge is -2.29. The first-order valence-corrected chi connectivity index (χ1v) is 9.32. The molecule has 0 saturated carbocycles. The molecule has 1 aliphatic rings. The van der Waals surface area contributed by atoms with E-state index in [0.29, 0.717) is 5.92 Å². The van der Waals surface area contributed by atoms with Crippen LogP contribution < -0.4 is 10.6 Å². The van der Waals surface area contributed by atoms with Gasteiger partial charge in [0.25, 0.3) is 0 Å². The van der Waals surface area contributed by atoms with Gasteiger partial charge in [0.15, 0.2) is 5.96 Å². The lowest BCUT2D eigenvalue weighted by atomic mass is 9.96. The number of aryl methyl sites for hydroxylation is 2. The predicted octanol–water partition coefficient (Wildman–Crippen LogP) is 2.62. The van der Waals surface area contributed by atoms with Gasteiger partial charge in [-0.15, -0.1) is 24.0 Å². The molecule has 1 aliphatic heterocycles. The van der Waals surface area contributed by atoms with Crippen molar-refractivity contribution in [3.63, 3.8) is 0 Å². The number of piperidine rings is 1. The first-order valence-electron chi connectivity index (χ1n) is 9.32. The van der Waals surface area contributed by atoms with E-state index >= 15 is 0 Å². The maximum atomic E-state index is 10.8. The Bertz CT molecular complexity index is 578. The number of nitrogens with zero attached hydrogens (tertiary/aromatic N) is 2. The number of likely N-dealkylation sites (tertiary alicyclic amines) is 1. The Kier molecular flexibility index (Phi) is 9.40. The molecule has 2 rings (SSSR count). The number of hydrogen-bond acceptors (Lipinski definition) is 4. The first-order chi connectivity index (χ1) is 11.8. The third-order valence-electron chi connectivity index (χ3n) is 4.91. The van der Waals surface area contributed by atoms with Crippen LogP contribution in [0, 0.1) is 19.8 Å². The average molecular weight is 478 g/mol. The van der Waals surface area contributed by atoms with Gasteiger partial charge in [-0.3, -0.25) is 0 Å². The molecule has 1 fully saturated rings. The van der Waals surface area contributed by atoms with E-state index in [0.717, 1.165) is 49.2 Å². The highest BCUT2D eigenvalue weighted by Gasteiger charge is 2.27. The van der Waals surface area contributed by atoms with Crippen LogP contribution in [-0.4, -0.2) is 55.7 Å². The highest BCUT2D eigenvalue weighted by Crippen LogP contribution is 2.27. The summed E-state index contributed by atoms with van der Waals surface area (Å²) in [4.78, 5) is 6.98. The number of aliphatic imine (C=N–C) groups is 1. The van der Waals surface area contributed by atoms with Crippen molar-refractivity contribution >= 4 is 29.9 Å². The molecule has 0 bridgehead atoms. The van der Waals surface area contributed by atoms with Crippen molar-refractivity contribution in [3.8, 4) is 0 Å². The van der Waals surface area contributed by atoms with E-state index in [2.05, 4.69) is 34.5 Å². The van der Waals surface area contributed by atoms with Crippen LogP contribution in [0.3, 0.4) is 0 Å². The summed E-state index contributed by atoms with van der Waals surface area (Å²) in [6, 6.07) is 1.89. The molecule has 0 amide bonds. The molecule has 1 atom stereocenters. The van der Waals surface area contributed by atoms with Crippen molar-refractivity contribution in [3.05, 3.63) is 23.2 Å². The Hall–Kier alpha value is -0.800. The SMILES string of the molecule is CCNC(=NCC(C)(O)c1cc(C)oc1C)NCC1CCN(C)CC1.I. The van der Waals surface area contributed by atoms with Gasteiger partial charge in [0.1, 0.15) is 17.1 Å². The van der Waals surface area contributed by atoms with Gasteiger partial charge in [0.05, 0.1) is 6.54 Å². The monoisotopic (exact) mass is 478 g/mol. The molecular formula is C19H35IN4O2. The van der Waals surface area contributed by atoms with E-state index in [1.54, 1.807) is 6.92 Å². The Labute approximate surface area is 174 Å². The zero-order valence-corrected chi connectivity index (χ0v) is 19.1. The molecule has 6 nitrogen and oxygen atoms in total. The van der Waals surface area contributed by atoms with E-state index in [4.69, 9.17) is 4.42 Å². The molecule has 3 N–H and O–H groups in total. The molecule has 150 valence electrons. The fraction of sp³-hybridized carbons (Fsp3) is 0.737. The minimum atomic E-state index is -1.04. The second-order valence-corrected chi connectivity index (χ2v) is 7.42. The van der Waals surface area contributed by atoms with Gasteiger partial charge in [-0.1, -0.05) is 0 Å². The third kappa shape index (κ3) is 6.74. The first kappa shape index (κ1) is 23.2. The van der Waals surface area contributed by atoms with Crippen LogP contribution in [0.4, 0.5) is 0 Å². The van der Waals surface area contributed by atoms with Crippen molar-refractivity contribution in [1.29, 1.82) is 0 Å². The van der Waals surface area contributed by atoms with Crippen molar-refractivity contribution in [2.75, 3.05) is 39.8 Å². The number of aliphatic hydroxyl groups is 1. The van der Waals surface area contributed by atoms with E-state index in [9.17, 15) is 5.11 Å². The average Bonchev–Trinajstić information content (AvgIpc) is 2.91. The number of furan rings is 1. The van der Waals surface area contributed by atoms with Crippen molar-refractivity contribution in [1.82, 2.24) is 15.5 Å². The second kappa shape index (κ2) is 10.5. The molecule has 2 heterocycles. The number of halogens is 1. The van der Waals surface area contributed by atoms with E-state index in [1.165, 1.54) is 12.8 Å². The molecular weight excluding hydrogens is 443 g/mol. The van der Waals surface area contributed by atoms with Crippen LogP contribution in [0.1, 0.15) is 43.8 Å².